The number of hydrogen-bond donors (Lipinski definition) is 1. The van der Waals surface area contributed by atoms with E-state index in [0.29, 0.717) is 12.3 Å². The molecule has 1 aliphatic rings. The SMILES string of the molecule is COc1ccc(OCC(=O)NCC2(N(C)C)CCCCCC2)cc1. The fourth-order valence-electron chi connectivity index (χ4n) is 3.30. The molecule has 1 aromatic rings. The van der Waals surface area contributed by atoms with Crippen molar-refractivity contribution < 1.29 is 14.3 Å². The predicted molar refractivity (Wildman–Crippen MR) is 95.6 cm³/mol. The Kier molecular flexibility index (Phi) is 6.91. The lowest BCUT2D eigenvalue weighted by molar-refractivity contribution is -0.123. The summed E-state index contributed by atoms with van der Waals surface area (Å²) in [5.74, 6) is 1.37. The van der Waals surface area contributed by atoms with E-state index in [1.165, 1.54) is 25.7 Å². The van der Waals surface area contributed by atoms with Gasteiger partial charge >= 0.3 is 0 Å². The number of likely N-dealkylation sites (N-methyl/N-ethyl adjacent to an activating group) is 1. The number of hydrogen-bond acceptors (Lipinski definition) is 4. The fourth-order valence-corrected chi connectivity index (χ4v) is 3.30. The zero-order chi connectivity index (χ0) is 17.4. The van der Waals surface area contributed by atoms with Gasteiger partial charge in [-0.25, -0.2) is 0 Å². The van der Waals surface area contributed by atoms with Gasteiger partial charge in [-0.15, -0.1) is 0 Å². The van der Waals surface area contributed by atoms with Crippen molar-refractivity contribution in [3.05, 3.63) is 24.3 Å². The number of nitrogens with zero attached hydrogens (tertiary/aromatic N) is 1. The first-order chi connectivity index (χ1) is 11.6. The molecular formula is C19H30N2O3. The van der Waals surface area contributed by atoms with Crippen LogP contribution in [0.2, 0.25) is 0 Å². The molecule has 0 atom stereocenters. The molecule has 0 saturated heterocycles. The van der Waals surface area contributed by atoms with Crippen molar-refractivity contribution in [3.8, 4) is 11.5 Å². The molecule has 134 valence electrons. The Labute approximate surface area is 145 Å². The molecule has 0 aliphatic heterocycles. The number of benzene rings is 1. The molecular weight excluding hydrogens is 304 g/mol. The van der Waals surface area contributed by atoms with E-state index in [1.54, 1.807) is 19.2 Å². The Morgan fingerprint density at radius 3 is 2.21 bits per heavy atom. The van der Waals surface area contributed by atoms with E-state index in [2.05, 4.69) is 24.3 Å². The maximum Gasteiger partial charge on any atom is 0.258 e. The number of amides is 1. The van der Waals surface area contributed by atoms with E-state index >= 15 is 0 Å². The Morgan fingerprint density at radius 1 is 1.08 bits per heavy atom. The van der Waals surface area contributed by atoms with Crippen LogP contribution >= 0.6 is 0 Å². The van der Waals surface area contributed by atoms with Gasteiger partial charge in [0.15, 0.2) is 6.61 Å². The van der Waals surface area contributed by atoms with Crippen LogP contribution in [0.4, 0.5) is 0 Å². The van der Waals surface area contributed by atoms with Gasteiger partial charge in [-0.3, -0.25) is 4.79 Å². The number of carbonyl (C=O) groups excluding carboxylic acids is 1. The Balaban J connectivity index is 1.82. The molecule has 0 aromatic heterocycles. The summed E-state index contributed by atoms with van der Waals surface area (Å²) in [5.41, 5.74) is 0.0757. The van der Waals surface area contributed by atoms with E-state index in [4.69, 9.17) is 9.47 Å². The molecule has 5 heteroatoms. The lowest BCUT2D eigenvalue weighted by atomic mass is 9.88. The average Bonchev–Trinajstić information content (AvgIpc) is 2.85. The van der Waals surface area contributed by atoms with Gasteiger partial charge in [-0.2, -0.15) is 0 Å². The van der Waals surface area contributed by atoms with E-state index in [-0.39, 0.29) is 18.1 Å². The fraction of sp³-hybridized carbons (Fsp3) is 0.632. The second kappa shape index (κ2) is 8.92. The zero-order valence-electron chi connectivity index (χ0n) is 15.1. The lowest BCUT2D eigenvalue weighted by Crippen LogP contribution is -2.53. The van der Waals surface area contributed by atoms with Crippen LogP contribution in [-0.2, 0) is 4.79 Å². The lowest BCUT2D eigenvalue weighted by Gasteiger charge is -2.39. The topological polar surface area (TPSA) is 50.8 Å². The number of nitrogens with one attached hydrogen (secondary N) is 1. The molecule has 0 heterocycles. The molecule has 1 fully saturated rings. The first kappa shape index (κ1) is 18.6. The third-order valence-corrected chi connectivity index (χ3v) is 5.03. The average molecular weight is 334 g/mol. The van der Waals surface area contributed by atoms with Gasteiger partial charge in [0.2, 0.25) is 0 Å². The van der Waals surface area contributed by atoms with E-state index in [9.17, 15) is 4.79 Å². The van der Waals surface area contributed by atoms with Crippen LogP contribution in [0.25, 0.3) is 0 Å². The summed E-state index contributed by atoms with van der Waals surface area (Å²) in [5, 5.41) is 3.06. The van der Waals surface area contributed by atoms with Gasteiger partial charge in [0, 0.05) is 12.1 Å². The number of methoxy groups -OCH3 is 1. The molecule has 1 aliphatic carbocycles. The van der Waals surface area contributed by atoms with Crippen molar-refractivity contribution in [2.45, 2.75) is 44.1 Å². The van der Waals surface area contributed by atoms with Crippen LogP contribution < -0.4 is 14.8 Å². The molecule has 5 nitrogen and oxygen atoms in total. The minimum atomic E-state index is -0.0729. The zero-order valence-corrected chi connectivity index (χ0v) is 15.1. The van der Waals surface area contributed by atoms with Crippen LogP contribution in [-0.4, -0.2) is 50.7 Å². The van der Waals surface area contributed by atoms with Gasteiger partial charge < -0.3 is 19.7 Å². The molecule has 0 spiro atoms. The van der Waals surface area contributed by atoms with Crippen molar-refractivity contribution in [3.63, 3.8) is 0 Å². The maximum absolute atomic E-state index is 12.2. The standard InChI is InChI=1S/C19H30N2O3/c1-21(2)19(12-6-4-5-7-13-19)15-20-18(22)14-24-17-10-8-16(23-3)9-11-17/h8-11H,4-7,12-15H2,1-3H3,(H,20,22). The van der Waals surface area contributed by atoms with Crippen molar-refractivity contribution in [2.24, 2.45) is 0 Å². The molecule has 24 heavy (non-hydrogen) atoms. The molecule has 1 saturated carbocycles. The van der Waals surface area contributed by atoms with Gasteiger partial charge in [0.25, 0.3) is 5.91 Å². The smallest absolute Gasteiger partial charge is 0.258 e. The minimum absolute atomic E-state index is 0.0375. The first-order valence-electron chi connectivity index (χ1n) is 8.77. The molecule has 1 N–H and O–H groups in total. The normalized spacial score (nSPS) is 17.2. The molecule has 0 bridgehead atoms. The quantitative estimate of drug-likeness (QED) is 0.779. The number of carbonyl (C=O) groups is 1. The summed E-state index contributed by atoms with van der Waals surface area (Å²) in [7, 11) is 5.86. The van der Waals surface area contributed by atoms with Crippen LogP contribution in [0, 0.1) is 0 Å². The summed E-state index contributed by atoms with van der Waals surface area (Å²) in [4.78, 5) is 14.4. The monoisotopic (exact) mass is 334 g/mol. The highest BCUT2D eigenvalue weighted by atomic mass is 16.5. The molecule has 2 rings (SSSR count). The van der Waals surface area contributed by atoms with E-state index in [1.807, 2.05) is 12.1 Å². The van der Waals surface area contributed by atoms with Crippen molar-refractivity contribution >= 4 is 5.91 Å². The summed E-state index contributed by atoms with van der Waals surface area (Å²) in [6.45, 7) is 0.723. The van der Waals surface area contributed by atoms with Gasteiger partial charge in [-0.05, 0) is 51.2 Å². The highest BCUT2D eigenvalue weighted by Crippen LogP contribution is 2.30. The highest BCUT2D eigenvalue weighted by Gasteiger charge is 2.33. The van der Waals surface area contributed by atoms with Crippen molar-refractivity contribution in [1.82, 2.24) is 10.2 Å². The molecule has 0 unspecified atom stereocenters. The van der Waals surface area contributed by atoms with Gasteiger partial charge in [-0.1, -0.05) is 25.7 Å². The van der Waals surface area contributed by atoms with Gasteiger partial charge in [0.1, 0.15) is 11.5 Å². The third-order valence-electron chi connectivity index (χ3n) is 5.03. The maximum atomic E-state index is 12.2. The summed E-state index contributed by atoms with van der Waals surface area (Å²) in [6.07, 6.45) is 7.33. The largest absolute Gasteiger partial charge is 0.497 e. The van der Waals surface area contributed by atoms with E-state index < -0.39 is 0 Å². The van der Waals surface area contributed by atoms with Gasteiger partial charge in [0.05, 0.1) is 7.11 Å². The van der Waals surface area contributed by atoms with Crippen molar-refractivity contribution in [2.75, 3.05) is 34.4 Å². The summed E-state index contributed by atoms with van der Waals surface area (Å²) in [6, 6.07) is 7.25. The Morgan fingerprint density at radius 2 is 1.67 bits per heavy atom. The Bertz CT molecular complexity index is 506. The second-order valence-corrected chi connectivity index (χ2v) is 6.77. The van der Waals surface area contributed by atoms with Crippen LogP contribution in [0.1, 0.15) is 38.5 Å². The second-order valence-electron chi connectivity index (χ2n) is 6.77. The molecule has 1 aromatic carbocycles. The van der Waals surface area contributed by atoms with Crippen LogP contribution in [0.5, 0.6) is 11.5 Å². The van der Waals surface area contributed by atoms with Crippen LogP contribution in [0.15, 0.2) is 24.3 Å². The first-order valence-corrected chi connectivity index (χ1v) is 8.77. The van der Waals surface area contributed by atoms with Crippen LogP contribution in [0.3, 0.4) is 0 Å². The predicted octanol–water partition coefficient (Wildman–Crippen LogP) is 2.84. The third kappa shape index (κ3) is 5.13. The molecule has 0 radical (unpaired) electrons. The number of ether oxygens (including phenoxy) is 2. The summed E-state index contributed by atoms with van der Waals surface area (Å²) < 4.78 is 10.6. The number of rotatable bonds is 7. The Hall–Kier alpha value is -1.75. The molecule has 1 amide bonds. The van der Waals surface area contributed by atoms with Crippen molar-refractivity contribution in [1.29, 1.82) is 0 Å². The minimum Gasteiger partial charge on any atom is -0.497 e. The highest BCUT2D eigenvalue weighted by molar-refractivity contribution is 5.77. The summed E-state index contributed by atoms with van der Waals surface area (Å²) >= 11 is 0. The van der Waals surface area contributed by atoms with E-state index in [0.717, 1.165) is 18.6 Å².